The maximum Gasteiger partial charge on any atom is 0.155 e. The van der Waals surface area contributed by atoms with Crippen LogP contribution in [0, 0.1) is 11.6 Å². The van der Waals surface area contributed by atoms with Crippen molar-refractivity contribution in [1.82, 2.24) is 0 Å². The molecule has 0 radical (unpaired) electrons. The number of aldehydes is 1. The number of halogens is 2. The predicted molar refractivity (Wildman–Crippen MR) is 50.4 cm³/mol. The molecule has 0 aromatic heterocycles. The zero-order valence-corrected chi connectivity index (χ0v) is 8.40. The average Bonchev–Trinajstić information content (AvgIpc) is 2.01. The highest BCUT2D eigenvalue weighted by molar-refractivity contribution is 5.75. The minimum absolute atomic E-state index is 0.192. The Labute approximate surface area is 81.7 Å². The number of carbonyl (C=O) groups excluding carboxylic acids is 1. The molecular weight excluding hydrogens is 186 g/mol. The molecule has 0 unspecified atom stereocenters. The van der Waals surface area contributed by atoms with Gasteiger partial charge in [-0.25, -0.2) is 8.78 Å². The standard InChI is InChI=1S/C11H12F2O/c1-11(2,3)7-4-9(12)8(6-14)10(13)5-7/h4-6H,1-3H3. The summed E-state index contributed by atoms with van der Waals surface area (Å²) in [6.07, 6.45) is 0.192. The lowest BCUT2D eigenvalue weighted by molar-refractivity contribution is 0.111. The number of benzene rings is 1. The van der Waals surface area contributed by atoms with Crippen LogP contribution in [-0.4, -0.2) is 6.29 Å². The van der Waals surface area contributed by atoms with E-state index >= 15 is 0 Å². The molecule has 0 amide bonds. The Hall–Kier alpha value is -1.25. The van der Waals surface area contributed by atoms with Crippen molar-refractivity contribution in [2.24, 2.45) is 0 Å². The van der Waals surface area contributed by atoms with E-state index in [0.29, 0.717) is 5.56 Å². The van der Waals surface area contributed by atoms with E-state index in [2.05, 4.69) is 0 Å². The summed E-state index contributed by atoms with van der Waals surface area (Å²) in [6, 6.07) is 2.40. The Morgan fingerprint density at radius 3 is 1.86 bits per heavy atom. The van der Waals surface area contributed by atoms with Gasteiger partial charge in [-0.3, -0.25) is 4.79 Å². The molecule has 0 atom stereocenters. The first kappa shape index (κ1) is 10.8. The van der Waals surface area contributed by atoms with E-state index in [4.69, 9.17) is 0 Å². The van der Waals surface area contributed by atoms with E-state index in [0.717, 1.165) is 0 Å². The van der Waals surface area contributed by atoms with Gasteiger partial charge in [0.05, 0.1) is 5.56 Å². The quantitative estimate of drug-likeness (QED) is 0.634. The summed E-state index contributed by atoms with van der Waals surface area (Å²) in [5.74, 6) is -1.60. The normalized spacial score (nSPS) is 11.5. The van der Waals surface area contributed by atoms with Crippen LogP contribution in [0.3, 0.4) is 0 Å². The fourth-order valence-electron chi connectivity index (χ4n) is 1.13. The highest BCUT2D eigenvalue weighted by atomic mass is 19.1. The summed E-state index contributed by atoms with van der Waals surface area (Å²) in [5.41, 5.74) is -0.292. The van der Waals surface area contributed by atoms with Crippen LogP contribution < -0.4 is 0 Å². The molecular formula is C11H12F2O. The molecule has 0 aliphatic carbocycles. The molecule has 0 aliphatic heterocycles. The molecule has 1 aromatic carbocycles. The second kappa shape index (κ2) is 3.48. The van der Waals surface area contributed by atoms with E-state index in [1.54, 1.807) is 0 Å². The Kier molecular flexibility index (Phi) is 2.69. The Bertz CT molecular complexity index is 341. The molecule has 0 heterocycles. The third-order valence-electron chi connectivity index (χ3n) is 2.06. The molecule has 1 aromatic rings. The molecule has 1 rings (SSSR count). The van der Waals surface area contributed by atoms with Crippen molar-refractivity contribution in [1.29, 1.82) is 0 Å². The van der Waals surface area contributed by atoms with Gasteiger partial charge >= 0.3 is 0 Å². The van der Waals surface area contributed by atoms with Gasteiger partial charge in [0.2, 0.25) is 0 Å². The van der Waals surface area contributed by atoms with Gasteiger partial charge in [-0.2, -0.15) is 0 Å². The van der Waals surface area contributed by atoms with Crippen molar-refractivity contribution in [3.63, 3.8) is 0 Å². The van der Waals surface area contributed by atoms with E-state index in [1.807, 2.05) is 20.8 Å². The zero-order chi connectivity index (χ0) is 10.9. The summed E-state index contributed by atoms with van der Waals surface area (Å²) in [4.78, 5) is 10.3. The van der Waals surface area contributed by atoms with Crippen LogP contribution in [0.25, 0.3) is 0 Å². The van der Waals surface area contributed by atoms with Crippen LogP contribution in [0.4, 0.5) is 8.78 Å². The van der Waals surface area contributed by atoms with E-state index in [1.165, 1.54) is 12.1 Å². The molecule has 0 spiro atoms. The summed E-state index contributed by atoms with van der Waals surface area (Å²) >= 11 is 0. The number of hydrogen-bond acceptors (Lipinski definition) is 1. The molecule has 0 fully saturated rings. The summed E-state index contributed by atoms with van der Waals surface area (Å²) < 4.78 is 26.3. The smallest absolute Gasteiger partial charge is 0.155 e. The van der Waals surface area contributed by atoms with Crippen LogP contribution >= 0.6 is 0 Å². The lowest BCUT2D eigenvalue weighted by Crippen LogP contribution is -2.13. The number of hydrogen-bond donors (Lipinski definition) is 0. The third kappa shape index (κ3) is 1.97. The van der Waals surface area contributed by atoms with E-state index < -0.39 is 17.2 Å². The van der Waals surface area contributed by atoms with Gasteiger partial charge in [-0.05, 0) is 23.1 Å². The van der Waals surface area contributed by atoms with Crippen molar-refractivity contribution in [3.8, 4) is 0 Å². The van der Waals surface area contributed by atoms with Crippen LogP contribution in [0.15, 0.2) is 12.1 Å². The van der Waals surface area contributed by atoms with E-state index in [-0.39, 0.29) is 11.7 Å². The molecule has 14 heavy (non-hydrogen) atoms. The first-order chi connectivity index (χ1) is 6.36. The fraction of sp³-hybridized carbons (Fsp3) is 0.364. The predicted octanol–water partition coefficient (Wildman–Crippen LogP) is 3.07. The average molecular weight is 198 g/mol. The molecule has 0 N–H and O–H groups in total. The first-order valence-electron chi connectivity index (χ1n) is 4.31. The second-order valence-electron chi connectivity index (χ2n) is 4.22. The lowest BCUT2D eigenvalue weighted by Gasteiger charge is -2.19. The molecule has 3 heteroatoms. The molecule has 1 nitrogen and oxygen atoms in total. The Morgan fingerprint density at radius 1 is 1.14 bits per heavy atom. The van der Waals surface area contributed by atoms with Crippen molar-refractivity contribution in [3.05, 3.63) is 34.9 Å². The molecule has 76 valence electrons. The molecule has 0 saturated carbocycles. The third-order valence-corrected chi connectivity index (χ3v) is 2.06. The van der Waals surface area contributed by atoms with Gasteiger partial charge in [-0.1, -0.05) is 20.8 Å². The summed E-state index contributed by atoms with van der Waals surface area (Å²) in [6.45, 7) is 5.55. The first-order valence-corrected chi connectivity index (χ1v) is 4.31. The number of carbonyl (C=O) groups is 1. The summed E-state index contributed by atoms with van der Waals surface area (Å²) in [7, 11) is 0. The topological polar surface area (TPSA) is 17.1 Å². The molecule has 0 saturated heterocycles. The van der Waals surface area contributed by atoms with Gasteiger partial charge in [0.25, 0.3) is 0 Å². The minimum atomic E-state index is -0.801. The minimum Gasteiger partial charge on any atom is -0.298 e. The zero-order valence-electron chi connectivity index (χ0n) is 8.40. The monoisotopic (exact) mass is 198 g/mol. The highest BCUT2D eigenvalue weighted by Gasteiger charge is 2.18. The second-order valence-corrected chi connectivity index (χ2v) is 4.22. The highest BCUT2D eigenvalue weighted by Crippen LogP contribution is 2.25. The van der Waals surface area contributed by atoms with Gasteiger partial charge in [0, 0.05) is 0 Å². The Morgan fingerprint density at radius 2 is 1.57 bits per heavy atom. The van der Waals surface area contributed by atoms with Crippen LogP contribution in [0.2, 0.25) is 0 Å². The SMILES string of the molecule is CC(C)(C)c1cc(F)c(C=O)c(F)c1. The summed E-state index contributed by atoms with van der Waals surface area (Å²) in [5, 5.41) is 0. The number of rotatable bonds is 1. The van der Waals surface area contributed by atoms with Gasteiger partial charge in [0.1, 0.15) is 11.6 Å². The van der Waals surface area contributed by atoms with Crippen molar-refractivity contribution in [2.45, 2.75) is 26.2 Å². The van der Waals surface area contributed by atoms with Crippen molar-refractivity contribution >= 4 is 6.29 Å². The van der Waals surface area contributed by atoms with Gasteiger partial charge < -0.3 is 0 Å². The van der Waals surface area contributed by atoms with E-state index in [9.17, 15) is 13.6 Å². The van der Waals surface area contributed by atoms with Crippen LogP contribution in [0.5, 0.6) is 0 Å². The van der Waals surface area contributed by atoms with Gasteiger partial charge in [0.15, 0.2) is 6.29 Å². The Balaban J connectivity index is 3.35. The van der Waals surface area contributed by atoms with Crippen LogP contribution in [0.1, 0.15) is 36.7 Å². The van der Waals surface area contributed by atoms with Crippen molar-refractivity contribution < 1.29 is 13.6 Å². The molecule has 0 bridgehead atoms. The van der Waals surface area contributed by atoms with Crippen LogP contribution in [-0.2, 0) is 5.41 Å². The lowest BCUT2D eigenvalue weighted by atomic mass is 9.86. The maximum absolute atomic E-state index is 13.2. The molecule has 0 aliphatic rings. The maximum atomic E-state index is 13.2. The fourth-order valence-corrected chi connectivity index (χ4v) is 1.13. The van der Waals surface area contributed by atoms with Gasteiger partial charge in [-0.15, -0.1) is 0 Å². The largest absolute Gasteiger partial charge is 0.298 e. The van der Waals surface area contributed by atoms with Crippen molar-refractivity contribution in [2.75, 3.05) is 0 Å².